The molecule has 0 spiro atoms. The third kappa shape index (κ3) is 13.5. The molecule has 222 valence electrons. The van der Waals surface area contributed by atoms with Crippen molar-refractivity contribution in [3.8, 4) is 0 Å². The summed E-state index contributed by atoms with van der Waals surface area (Å²) >= 11 is 2.64. The average Bonchev–Trinajstić information content (AvgIpc) is 3.52. The van der Waals surface area contributed by atoms with E-state index >= 15 is 0 Å². The number of carboxylic acid groups (broad SMARTS) is 1. The molecule has 0 saturated carbocycles. The van der Waals surface area contributed by atoms with Crippen LogP contribution >= 0.6 is 23.5 Å². The number of aliphatic carboxylic acids is 1. The first-order chi connectivity index (χ1) is 18.3. The van der Waals surface area contributed by atoms with E-state index < -0.39 is 67.7 Å². The Balaban J connectivity index is 0.000000391. The van der Waals surface area contributed by atoms with Gasteiger partial charge in [0.2, 0.25) is 0 Å². The Kier molecular flexibility index (Phi) is 14.4. The first-order valence-electron chi connectivity index (χ1n) is 10.8. The van der Waals surface area contributed by atoms with Crippen molar-refractivity contribution in [2.45, 2.75) is 73.6 Å². The molecule has 5 unspecified atom stereocenters. The smallest absolute Gasteiger partial charge is 0.303 e. The third-order valence-corrected chi connectivity index (χ3v) is 7.87. The summed E-state index contributed by atoms with van der Waals surface area (Å²) in [7, 11) is 0. The molecular formula is C15H23N5O17S2. The molecule has 1 N–H and O–H groups in total. The molecule has 2 aliphatic heterocycles. The summed E-state index contributed by atoms with van der Waals surface area (Å²) in [4.78, 5) is 83.4. The molecule has 0 amide bonds. The van der Waals surface area contributed by atoms with E-state index in [0.717, 1.165) is 12.2 Å². The normalized spacial score (nSPS) is 20.3. The molecule has 0 aromatic carbocycles. The average molecular weight is 610 g/mol. The van der Waals surface area contributed by atoms with Gasteiger partial charge < -0.3 is 19.6 Å². The molecule has 0 aliphatic carbocycles. The second kappa shape index (κ2) is 16.9. The number of carbonyl (C=O) groups is 1. The minimum Gasteiger partial charge on any atom is -0.481 e. The zero-order valence-corrected chi connectivity index (χ0v) is 21.3. The van der Waals surface area contributed by atoms with Crippen LogP contribution in [-0.2, 0) is 29.0 Å². The van der Waals surface area contributed by atoms with Crippen molar-refractivity contribution in [3.63, 3.8) is 0 Å². The maximum Gasteiger partial charge on any atom is 0.303 e. The van der Waals surface area contributed by atoms with Gasteiger partial charge in [0.05, 0.1) is 0 Å². The maximum absolute atomic E-state index is 10.6. The Morgan fingerprint density at radius 3 is 1.49 bits per heavy atom. The van der Waals surface area contributed by atoms with E-state index in [0.29, 0.717) is 25.0 Å². The number of hydrogen-bond acceptors (Lipinski definition) is 18. The number of thioether (sulfide) groups is 2. The fourth-order valence-electron chi connectivity index (χ4n) is 3.55. The predicted molar refractivity (Wildman–Crippen MR) is 123 cm³/mol. The van der Waals surface area contributed by atoms with Crippen LogP contribution in [0.3, 0.4) is 0 Å². The van der Waals surface area contributed by atoms with Crippen molar-refractivity contribution in [3.05, 3.63) is 50.6 Å². The number of nitrogens with zero attached hydrogens (tertiary/aromatic N) is 5. The van der Waals surface area contributed by atoms with Gasteiger partial charge in [0.15, 0.2) is 6.10 Å². The Hall–Kier alpha value is -3.83. The van der Waals surface area contributed by atoms with Gasteiger partial charge in [-0.3, -0.25) is 14.5 Å². The lowest BCUT2D eigenvalue weighted by Crippen LogP contribution is -2.44. The number of carboxylic acids is 1. The van der Waals surface area contributed by atoms with Gasteiger partial charge >= 0.3 is 5.97 Å². The van der Waals surface area contributed by atoms with E-state index in [1.165, 1.54) is 23.5 Å². The molecule has 5 atom stereocenters. The molecule has 24 heteroatoms. The van der Waals surface area contributed by atoms with Gasteiger partial charge in [-0.05, 0) is 43.6 Å². The topological polar surface area (TPSA) is 299 Å². The molecule has 2 aliphatic rings. The minimum atomic E-state index is -2.11. The second-order valence-electron chi connectivity index (χ2n) is 7.52. The van der Waals surface area contributed by atoms with Crippen molar-refractivity contribution < 1.29 is 59.5 Å². The van der Waals surface area contributed by atoms with Crippen LogP contribution in [0.5, 0.6) is 0 Å². The molecule has 2 rings (SSSR count). The quantitative estimate of drug-likeness (QED) is 0.137. The lowest BCUT2D eigenvalue weighted by Gasteiger charge is -2.27. The van der Waals surface area contributed by atoms with Gasteiger partial charge in [-0.15, -0.1) is 50.6 Å². The first-order valence-corrected chi connectivity index (χ1v) is 12.9. The third-order valence-electron chi connectivity index (χ3n) is 4.96. The van der Waals surface area contributed by atoms with Gasteiger partial charge in [0.25, 0.3) is 31.7 Å². The van der Waals surface area contributed by atoms with Crippen molar-refractivity contribution in [2.75, 3.05) is 11.5 Å². The fraction of sp³-hybridized carbons (Fsp3) is 0.933. The lowest BCUT2D eigenvalue weighted by molar-refractivity contribution is -0.867. The summed E-state index contributed by atoms with van der Waals surface area (Å²) in [5.74, 6) is 0.263. The van der Waals surface area contributed by atoms with Crippen LogP contribution < -0.4 is 0 Å². The largest absolute Gasteiger partial charge is 0.481 e. The summed E-state index contributed by atoms with van der Waals surface area (Å²) in [6, 6.07) is 0. The molecule has 39 heavy (non-hydrogen) atoms. The maximum atomic E-state index is 10.6. The van der Waals surface area contributed by atoms with Crippen molar-refractivity contribution in [2.24, 2.45) is 0 Å². The van der Waals surface area contributed by atoms with Gasteiger partial charge in [0.1, 0.15) is 12.2 Å². The summed E-state index contributed by atoms with van der Waals surface area (Å²) < 4.78 is 0. The molecule has 2 fully saturated rings. The van der Waals surface area contributed by atoms with Gasteiger partial charge in [-0.1, -0.05) is 0 Å². The first kappa shape index (κ1) is 33.2. The highest BCUT2D eigenvalue weighted by Crippen LogP contribution is 2.34. The van der Waals surface area contributed by atoms with E-state index in [9.17, 15) is 55.4 Å². The Bertz CT molecular complexity index is 855. The zero-order chi connectivity index (χ0) is 29.5. The summed E-state index contributed by atoms with van der Waals surface area (Å²) in [6.07, 6.45) is -4.14. The van der Waals surface area contributed by atoms with E-state index in [1.54, 1.807) is 0 Å². The highest BCUT2D eigenvalue weighted by atomic mass is 32.2. The SMILES string of the molecule is O=C(O)CCC(O[N+](=O)[O-])C(O[N+](=O)[O-])C1CCCS1.O=[N+]([O-])OC(O[N+](=O)[O-])C(O[N+](=O)[O-])C1CCCS1. The van der Waals surface area contributed by atoms with Gasteiger partial charge in [0, 0.05) is 16.9 Å². The van der Waals surface area contributed by atoms with Crippen molar-refractivity contribution in [1.82, 2.24) is 0 Å². The fourth-order valence-corrected chi connectivity index (χ4v) is 6.27. The molecule has 0 radical (unpaired) electrons. The predicted octanol–water partition coefficient (Wildman–Crippen LogP) is 1.10. The van der Waals surface area contributed by atoms with Crippen LogP contribution in [0, 0.1) is 50.6 Å². The Morgan fingerprint density at radius 2 is 1.13 bits per heavy atom. The van der Waals surface area contributed by atoms with Crippen LogP contribution in [0.4, 0.5) is 0 Å². The van der Waals surface area contributed by atoms with Crippen LogP contribution in [0.2, 0.25) is 0 Å². The lowest BCUT2D eigenvalue weighted by atomic mass is 10.0. The minimum absolute atomic E-state index is 0.230. The highest BCUT2D eigenvalue weighted by Gasteiger charge is 2.40. The molecular weight excluding hydrogens is 586 g/mol. The second-order valence-corrected chi connectivity index (χ2v) is 10.2. The number of rotatable bonds is 17. The van der Waals surface area contributed by atoms with Crippen LogP contribution in [0.1, 0.15) is 38.5 Å². The summed E-state index contributed by atoms with van der Waals surface area (Å²) in [5, 5.41) is 53.6. The van der Waals surface area contributed by atoms with Crippen molar-refractivity contribution in [1.29, 1.82) is 0 Å². The molecule has 2 saturated heterocycles. The standard InChI is InChI=1S/C9H14N2O8S.C6H9N3O9S/c12-8(13)4-3-6(18-10(14)15)9(19-11(16)17)7-2-1-5-20-7;10-7(11)16-5(4-2-1-3-19-4)6(17-8(12)13)18-9(14)15/h6-7,9H,1-5H2,(H,12,13);4-6H,1-3H2. The molecule has 22 nitrogen and oxygen atoms in total. The van der Waals surface area contributed by atoms with Crippen LogP contribution in [0.25, 0.3) is 0 Å². The molecule has 0 aromatic rings. The van der Waals surface area contributed by atoms with Gasteiger partial charge in [-0.2, -0.15) is 23.5 Å². The van der Waals surface area contributed by atoms with Crippen LogP contribution in [-0.4, -0.2) is 83.1 Å². The zero-order valence-electron chi connectivity index (χ0n) is 19.7. The Labute approximate surface area is 225 Å². The van der Waals surface area contributed by atoms with E-state index in [1.807, 2.05) is 0 Å². The molecule has 2 heterocycles. The molecule has 0 aromatic heterocycles. The van der Waals surface area contributed by atoms with E-state index in [2.05, 4.69) is 24.2 Å². The van der Waals surface area contributed by atoms with E-state index in [4.69, 9.17) is 5.11 Å². The number of hydrogen-bond donors (Lipinski definition) is 1. The summed E-state index contributed by atoms with van der Waals surface area (Å²) in [6.45, 7) is 0. The van der Waals surface area contributed by atoms with Crippen LogP contribution in [0.15, 0.2) is 0 Å². The summed E-state index contributed by atoms with van der Waals surface area (Å²) in [5.41, 5.74) is 0. The monoisotopic (exact) mass is 609 g/mol. The Morgan fingerprint density at radius 1 is 0.718 bits per heavy atom. The molecule has 0 bridgehead atoms. The van der Waals surface area contributed by atoms with Gasteiger partial charge in [-0.25, -0.2) is 0 Å². The van der Waals surface area contributed by atoms with Crippen molar-refractivity contribution >= 4 is 29.5 Å². The van der Waals surface area contributed by atoms with E-state index in [-0.39, 0.29) is 11.7 Å². The highest BCUT2D eigenvalue weighted by molar-refractivity contribution is 8.00.